The number of sulfonamides is 1. The summed E-state index contributed by atoms with van der Waals surface area (Å²) >= 11 is 0. The van der Waals surface area contributed by atoms with E-state index < -0.39 is 28.5 Å². The lowest BCUT2D eigenvalue weighted by Crippen LogP contribution is -2.55. The van der Waals surface area contributed by atoms with Crippen LogP contribution in [0.2, 0.25) is 0 Å². The lowest BCUT2D eigenvalue weighted by molar-refractivity contribution is -0.140. The van der Waals surface area contributed by atoms with Gasteiger partial charge in [0.25, 0.3) is 0 Å². The summed E-state index contributed by atoms with van der Waals surface area (Å²) in [6, 6.07) is 22.6. The van der Waals surface area contributed by atoms with Crippen LogP contribution in [0.3, 0.4) is 0 Å². The van der Waals surface area contributed by atoms with Crippen LogP contribution >= 0.6 is 0 Å². The van der Waals surface area contributed by atoms with Crippen LogP contribution in [0, 0.1) is 0 Å². The first-order valence-corrected chi connectivity index (χ1v) is 16.4. The fraction of sp³-hybridized carbons (Fsp3) is 0.394. The van der Waals surface area contributed by atoms with Crippen LogP contribution in [0.4, 0.5) is 5.69 Å². The number of hydrogen-bond donors (Lipinski definition) is 1. The number of nitrogens with one attached hydrogen (secondary N) is 1. The van der Waals surface area contributed by atoms with E-state index in [1.165, 1.54) is 12.0 Å². The average Bonchev–Trinajstić information content (AvgIpc) is 3.02. The molecule has 1 fully saturated rings. The number of methoxy groups -OCH3 is 2. The van der Waals surface area contributed by atoms with Crippen molar-refractivity contribution in [2.75, 3.05) is 31.3 Å². The van der Waals surface area contributed by atoms with Gasteiger partial charge in [0.2, 0.25) is 21.8 Å². The van der Waals surface area contributed by atoms with Gasteiger partial charge in [-0.05, 0) is 48.2 Å². The van der Waals surface area contributed by atoms with E-state index in [1.807, 2.05) is 48.5 Å². The molecule has 0 saturated heterocycles. The van der Waals surface area contributed by atoms with Gasteiger partial charge in [-0.3, -0.25) is 13.9 Å². The van der Waals surface area contributed by atoms with E-state index in [2.05, 4.69) is 5.32 Å². The Morgan fingerprint density at radius 2 is 1.56 bits per heavy atom. The molecule has 230 valence electrons. The quantitative estimate of drug-likeness (QED) is 0.306. The van der Waals surface area contributed by atoms with E-state index in [4.69, 9.17) is 9.47 Å². The zero-order chi connectivity index (χ0) is 30.8. The van der Waals surface area contributed by atoms with E-state index in [0.29, 0.717) is 11.5 Å². The highest BCUT2D eigenvalue weighted by Crippen LogP contribution is 2.30. The maximum Gasteiger partial charge on any atom is 0.244 e. The molecule has 1 atom stereocenters. The Morgan fingerprint density at radius 1 is 0.884 bits per heavy atom. The molecule has 0 radical (unpaired) electrons. The number of carbonyl (C=O) groups is 2. The van der Waals surface area contributed by atoms with Crippen molar-refractivity contribution < 1.29 is 27.5 Å². The van der Waals surface area contributed by atoms with Crippen LogP contribution in [0.1, 0.15) is 43.2 Å². The van der Waals surface area contributed by atoms with Crippen LogP contribution in [0.25, 0.3) is 0 Å². The maximum absolute atomic E-state index is 14.3. The molecule has 2 amide bonds. The molecule has 4 rings (SSSR count). The number of anilines is 1. The molecular weight excluding hydrogens is 566 g/mol. The van der Waals surface area contributed by atoms with Crippen molar-refractivity contribution >= 4 is 27.5 Å². The third kappa shape index (κ3) is 8.73. The molecule has 1 saturated carbocycles. The number of ether oxygens (including phenoxy) is 2. The number of nitrogens with zero attached hydrogens (tertiary/aromatic N) is 2. The molecule has 3 aromatic rings. The van der Waals surface area contributed by atoms with Crippen LogP contribution in [0.5, 0.6) is 11.5 Å². The second-order valence-corrected chi connectivity index (χ2v) is 12.8. The summed E-state index contributed by atoms with van der Waals surface area (Å²) in [5, 5.41) is 3.21. The summed E-state index contributed by atoms with van der Waals surface area (Å²) in [5.74, 6) is 0.160. The molecule has 1 aliphatic carbocycles. The number of hydrogen-bond acceptors (Lipinski definition) is 6. The Balaban J connectivity index is 1.75. The Kier molecular flexibility index (Phi) is 11.1. The Labute approximate surface area is 254 Å². The highest BCUT2D eigenvalue weighted by atomic mass is 32.2. The molecule has 3 aromatic carbocycles. The van der Waals surface area contributed by atoms with Crippen LogP contribution in [0.15, 0.2) is 78.9 Å². The van der Waals surface area contributed by atoms with Gasteiger partial charge in [0, 0.05) is 19.0 Å². The zero-order valence-corrected chi connectivity index (χ0v) is 25.9. The maximum atomic E-state index is 14.3. The fourth-order valence-electron chi connectivity index (χ4n) is 5.50. The largest absolute Gasteiger partial charge is 0.497 e. The van der Waals surface area contributed by atoms with Crippen molar-refractivity contribution in [3.05, 3.63) is 90.0 Å². The van der Waals surface area contributed by atoms with E-state index in [1.54, 1.807) is 37.4 Å². The summed E-state index contributed by atoms with van der Waals surface area (Å²) in [4.78, 5) is 29.9. The molecule has 1 aliphatic rings. The fourth-order valence-corrected chi connectivity index (χ4v) is 6.35. The number of carbonyl (C=O) groups excluding carboxylic acids is 2. The van der Waals surface area contributed by atoms with Gasteiger partial charge < -0.3 is 19.7 Å². The van der Waals surface area contributed by atoms with Crippen molar-refractivity contribution in [1.82, 2.24) is 10.2 Å². The summed E-state index contributed by atoms with van der Waals surface area (Å²) in [5.41, 5.74) is 1.88. The van der Waals surface area contributed by atoms with Crippen molar-refractivity contribution in [1.29, 1.82) is 0 Å². The van der Waals surface area contributed by atoms with Crippen LogP contribution in [-0.4, -0.2) is 64.2 Å². The van der Waals surface area contributed by atoms with Gasteiger partial charge in [0.15, 0.2) is 0 Å². The van der Waals surface area contributed by atoms with Crippen LogP contribution in [-0.2, 0) is 32.6 Å². The van der Waals surface area contributed by atoms with Gasteiger partial charge in [-0.15, -0.1) is 0 Å². The molecule has 0 spiro atoms. The highest BCUT2D eigenvalue weighted by Gasteiger charge is 2.34. The second-order valence-electron chi connectivity index (χ2n) is 10.9. The lowest BCUT2D eigenvalue weighted by Gasteiger charge is -2.35. The molecule has 9 nitrogen and oxygen atoms in total. The van der Waals surface area contributed by atoms with Gasteiger partial charge in [0.05, 0.1) is 26.2 Å². The summed E-state index contributed by atoms with van der Waals surface area (Å²) in [7, 11) is -0.894. The van der Waals surface area contributed by atoms with Crippen molar-refractivity contribution in [3.63, 3.8) is 0 Å². The number of rotatable bonds is 13. The predicted octanol–water partition coefficient (Wildman–Crippen LogP) is 4.56. The topological polar surface area (TPSA) is 105 Å². The molecule has 0 aromatic heterocycles. The minimum atomic E-state index is -3.90. The number of amides is 2. The summed E-state index contributed by atoms with van der Waals surface area (Å²) < 4.78 is 38.0. The number of benzene rings is 3. The van der Waals surface area contributed by atoms with E-state index >= 15 is 0 Å². The minimum Gasteiger partial charge on any atom is -0.497 e. The summed E-state index contributed by atoms with van der Waals surface area (Å²) in [6.45, 7) is -0.430. The molecule has 43 heavy (non-hydrogen) atoms. The van der Waals surface area contributed by atoms with Crippen molar-refractivity contribution in [3.8, 4) is 11.5 Å². The standard InChI is InChI=1S/C33H41N3O6S/c1-41-28-18-12-15-26(21-28)23-35(32(37)24-36(43(3,39)40)29-19-10-11-20-31(29)42-2)30(22-25-13-6-4-7-14-25)33(38)34-27-16-8-5-9-17-27/h4,6-7,10-15,18-21,27,30H,5,8-9,16-17,22-24H2,1-3H3,(H,34,38)/t30-/m0/s1. The molecule has 0 bridgehead atoms. The van der Waals surface area contributed by atoms with E-state index in [-0.39, 0.29) is 30.6 Å². The van der Waals surface area contributed by atoms with Crippen molar-refractivity contribution in [2.24, 2.45) is 0 Å². The minimum absolute atomic E-state index is 0.0365. The van der Waals surface area contributed by atoms with Gasteiger partial charge in [-0.2, -0.15) is 0 Å². The van der Waals surface area contributed by atoms with Gasteiger partial charge in [-0.1, -0.05) is 73.9 Å². The Bertz CT molecular complexity index is 1470. The van der Waals surface area contributed by atoms with Gasteiger partial charge in [0.1, 0.15) is 24.1 Å². The monoisotopic (exact) mass is 607 g/mol. The predicted molar refractivity (Wildman–Crippen MR) is 168 cm³/mol. The van der Waals surface area contributed by atoms with Crippen molar-refractivity contribution in [2.45, 2.75) is 57.2 Å². The first-order chi connectivity index (χ1) is 20.7. The molecule has 0 heterocycles. The average molecular weight is 608 g/mol. The SMILES string of the molecule is COc1cccc(CN(C(=O)CN(c2ccccc2OC)S(C)(=O)=O)[C@@H](Cc2ccccc2)C(=O)NC2CCCCC2)c1. The van der Waals surface area contributed by atoms with E-state index in [0.717, 1.165) is 53.8 Å². The molecular formula is C33H41N3O6S. The molecule has 10 heteroatoms. The third-order valence-electron chi connectivity index (χ3n) is 7.74. The van der Waals surface area contributed by atoms with Crippen LogP contribution < -0.4 is 19.1 Å². The smallest absolute Gasteiger partial charge is 0.244 e. The molecule has 0 unspecified atom stereocenters. The first-order valence-electron chi connectivity index (χ1n) is 14.6. The zero-order valence-electron chi connectivity index (χ0n) is 25.1. The van der Waals surface area contributed by atoms with Gasteiger partial charge >= 0.3 is 0 Å². The third-order valence-corrected chi connectivity index (χ3v) is 8.87. The summed E-state index contributed by atoms with van der Waals surface area (Å²) in [6.07, 6.45) is 6.34. The van der Waals surface area contributed by atoms with E-state index in [9.17, 15) is 18.0 Å². The molecule has 0 aliphatic heterocycles. The molecule has 1 N–H and O–H groups in total. The second kappa shape index (κ2) is 14.9. The number of para-hydroxylation sites is 2. The Hall–Kier alpha value is -4.05. The Morgan fingerprint density at radius 3 is 2.23 bits per heavy atom. The lowest BCUT2D eigenvalue weighted by atomic mass is 9.94. The normalized spacial score (nSPS) is 14.4. The van der Waals surface area contributed by atoms with Gasteiger partial charge in [-0.25, -0.2) is 8.42 Å². The first kappa shape index (κ1) is 31.9. The highest BCUT2D eigenvalue weighted by molar-refractivity contribution is 7.92.